The predicted molar refractivity (Wildman–Crippen MR) is 203 cm³/mol. The molecule has 1 amide bonds. The van der Waals surface area contributed by atoms with Crippen LogP contribution in [0.2, 0.25) is 0 Å². The number of rotatable bonds is 14. The Morgan fingerprint density at radius 2 is 1.74 bits per heavy atom. The van der Waals surface area contributed by atoms with Crippen molar-refractivity contribution >= 4 is 44.8 Å². The maximum absolute atomic E-state index is 13.8. The highest BCUT2D eigenvalue weighted by molar-refractivity contribution is 7.99. The van der Waals surface area contributed by atoms with Gasteiger partial charge >= 0.3 is 0 Å². The average Bonchev–Trinajstić information content (AvgIpc) is 3.17. The Kier molecular flexibility index (Phi) is 11.7. The van der Waals surface area contributed by atoms with Crippen LogP contribution in [0.15, 0.2) is 113 Å². The summed E-state index contributed by atoms with van der Waals surface area (Å²) >= 11 is 1.58. The predicted octanol–water partition coefficient (Wildman–Crippen LogP) is 5.41. The summed E-state index contributed by atoms with van der Waals surface area (Å²) < 4.78 is 35.4. The lowest BCUT2D eigenvalue weighted by Gasteiger charge is -2.37. The lowest BCUT2D eigenvalue weighted by molar-refractivity contribution is -0.384. The number of nitrogens with zero attached hydrogens (tertiary/aromatic N) is 5. The van der Waals surface area contributed by atoms with E-state index in [4.69, 9.17) is 4.74 Å². The van der Waals surface area contributed by atoms with E-state index in [1.807, 2.05) is 64.2 Å². The van der Waals surface area contributed by atoms with Crippen LogP contribution in [-0.2, 0) is 16.6 Å². The van der Waals surface area contributed by atoms with Crippen LogP contribution < -0.4 is 19.7 Å². The van der Waals surface area contributed by atoms with Gasteiger partial charge in [0.2, 0.25) is 0 Å². The van der Waals surface area contributed by atoms with E-state index in [-0.39, 0.29) is 22.8 Å². The van der Waals surface area contributed by atoms with Gasteiger partial charge in [0.25, 0.3) is 21.6 Å². The van der Waals surface area contributed by atoms with Crippen LogP contribution in [0, 0.1) is 10.1 Å². The largest absolute Gasteiger partial charge is 0.508 e. The molecule has 1 saturated heterocycles. The molecule has 0 unspecified atom stereocenters. The van der Waals surface area contributed by atoms with Crippen LogP contribution >= 0.6 is 11.8 Å². The summed E-state index contributed by atoms with van der Waals surface area (Å²) in [4.78, 5) is 29.3. The summed E-state index contributed by atoms with van der Waals surface area (Å²) in [5.74, 6) is 0.449. The fourth-order valence-electron chi connectivity index (χ4n) is 5.96. The molecule has 53 heavy (non-hydrogen) atoms. The number of hydrogen-bond acceptors (Lipinski definition) is 13. The van der Waals surface area contributed by atoms with Gasteiger partial charge in [0.15, 0.2) is 5.69 Å². The maximum atomic E-state index is 13.8. The summed E-state index contributed by atoms with van der Waals surface area (Å²) in [5, 5.41) is 32.7. The zero-order chi connectivity index (χ0) is 37.4. The van der Waals surface area contributed by atoms with E-state index in [0.717, 1.165) is 27.7 Å². The molecule has 6 rings (SSSR count). The maximum Gasteiger partial charge on any atom is 0.293 e. The van der Waals surface area contributed by atoms with E-state index in [1.165, 1.54) is 24.4 Å². The first-order chi connectivity index (χ1) is 25.6. The summed E-state index contributed by atoms with van der Waals surface area (Å²) in [5.41, 5.74) is 2.43. The van der Waals surface area contributed by atoms with Gasteiger partial charge in [-0.3, -0.25) is 19.8 Å². The Bertz CT molecular complexity index is 2190. The van der Waals surface area contributed by atoms with Crippen LogP contribution in [0.3, 0.4) is 0 Å². The number of hydrogen-bond donors (Lipinski definition) is 3. The second-order valence-electron chi connectivity index (χ2n) is 12.1. The zero-order valence-electron chi connectivity index (χ0n) is 28.7. The second-order valence-corrected chi connectivity index (χ2v) is 14.9. The minimum atomic E-state index is -4.61. The number of sulfonamides is 1. The van der Waals surface area contributed by atoms with Gasteiger partial charge in [-0.15, -0.1) is 16.9 Å². The number of carbonyl (C=O) groups excluding carboxylic acids is 1. The lowest BCUT2D eigenvalue weighted by atomic mass is 10.0. The highest BCUT2D eigenvalue weighted by Gasteiger charge is 2.31. The van der Waals surface area contributed by atoms with Crippen molar-refractivity contribution in [2.45, 2.75) is 16.3 Å². The first kappa shape index (κ1) is 37.1. The van der Waals surface area contributed by atoms with Gasteiger partial charge in [-0.1, -0.05) is 42.5 Å². The molecular formula is C37H37N7O7S2. The van der Waals surface area contributed by atoms with E-state index >= 15 is 0 Å². The molecule has 1 fully saturated rings. The van der Waals surface area contributed by atoms with E-state index < -0.39 is 31.4 Å². The van der Waals surface area contributed by atoms with Crippen molar-refractivity contribution in [2.24, 2.45) is 0 Å². The molecule has 0 atom stereocenters. The number of methoxy groups -OCH3 is 1. The third-order valence-electron chi connectivity index (χ3n) is 8.60. The number of amides is 1. The highest BCUT2D eigenvalue weighted by Crippen LogP contribution is 2.37. The first-order valence-electron chi connectivity index (χ1n) is 16.6. The zero-order valence-corrected chi connectivity index (χ0v) is 30.3. The number of thioether (sulfide) groups is 1. The number of ether oxygens (including phenoxy) is 1. The molecule has 0 aliphatic carbocycles. The van der Waals surface area contributed by atoms with E-state index in [9.17, 15) is 28.4 Å². The molecule has 0 spiro atoms. The molecule has 1 aromatic heterocycles. The average molecular weight is 756 g/mol. The van der Waals surface area contributed by atoms with Gasteiger partial charge in [-0.25, -0.2) is 13.1 Å². The molecule has 1 aliphatic heterocycles. The number of aromatic nitrogens is 2. The minimum absolute atomic E-state index is 0.164. The number of nitrogens with one attached hydrogen (secondary N) is 2. The van der Waals surface area contributed by atoms with Crippen molar-refractivity contribution in [1.82, 2.24) is 19.8 Å². The third-order valence-corrected chi connectivity index (χ3v) is 11.0. The summed E-state index contributed by atoms with van der Waals surface area (Å²) in [7, 11) is -3.01. The van der Waals surface area contributed by atoms with Gasteiger partial charge in [0.05, 0.1) is 17.7 Å². The minimum Gasteiger partial charge on any atom is -0.508 e. The molecule has 1 aliphatic rings. The number of phenols is 1. The van der Waals surface area contributed by atoms with Crippen molar-refractivity contribution in [1.29, 1.82) is 0 Å². The number of benzene rings is 4. The van der Waals surface area contributed by atoms with Gasteiger partial charge < -0.3 is 20.1 Å². The standard InChI is InChI=1S/C37H37N7O7S2/c1-51-35-22-27(26-7-5-8-29(45)21-26)12-13-28(35)25-42-16-18-43(19-17-42)34-23-32(38-15-20-52-30-9-3-2-4-10-30)33(44(47)48)24-36(34)53(49,50)41-37(46)31-11-6-14-39-40-31/h2-14,21-24,38,45H,15-20,25H2,1H3,(H,41,46). The molecule has 14 nitrogen and oxygen atoms in total. The van der Waals surface area contributed by atoms with Gasteiger partial charge in [0, 0.05) is 67.7 Å². The lowest BCUT2D eigenvalue weighted by Crippen LogP contribution is -2.46. The Labute approximate surface area is 311 Å². The van der Waals surface area contributed by atoms with Gasteiger partial charge in [-0.05, 0) is 59.7 Å². The fraction of sp³-hybridized carbons (Fsp3) is 0.216. The fourth-order valence-corrected chi connectivity index (χ4v) is 7.94. The van der Waals surface area contributed by atoms with Crippen LogP contribution in [0.5, 0.6) is 11.5 Å². The quantitative estimate of drug-likeness (QED) is 0.0567. The van der Waals surface area contributed by atoms with E-state index in [1.54, 1.807) is 37.1 Å². The highest BCUT2D eigenvalue weighted by atomic mass is 32.2. The van der Waals surface area contributed by atoms with Crippen LogP contribution in [0.1, 0.15) is 16.1 Å². The molecule has 0 radical (unpaired) electrons. The molecule has 3 N–H and O–H groups in total. The normalized spacial score (nSPS) is 13.3. The number of anilines is 2. The Morgan fingerprint density at radius 1 is 0.962 bits per heavy atom. The van der Waals surface area contributed by atoms with Crippen molar-refractivity contribution in [2.75, 3.05) is 55.8 Å². The molecule has 2 heterocycles. The molecule has 0 saturated carbocycles. The third kappa shape index (κ3) is 9.21. The molecule has 16 heteroatoms. The summed E-state index contributed by atoms with van der Waals surface area (Å²) in [6.45, 7) is 2.79. The van der Waals surface area contributed by atoms with Crippen LogP contribution in [0.4, 0.5) is 17.1 Å². The van der Waals surface area contributed by atoms with Gasteiger partial charge in [-0.2, -0.15) is 5.10 Å². The molecule has 0 bridgehead atoms. The Hall–Kier alpha value is -5.71. The number of phenolic OH excluding ortho intramolecular Hbond substituents is 1. The van der Waals surface area contributed by atoms with Crippen molar-refractivity contribution < 1.29 is 28.0 Å². The first-order valence-corrected chi connectivity index (χ1v) is 19.1. The monoisotopic (exact) mass is 755 g/mol. The number of nitro groups is 1. The van der Waals surface area contributed by atoms with Crippen LogP contribution in [-0.4, -0.2) is 85.0 Å². The number of aromatic hydroxyl groups is 1. The molecule has 274 valence electrons. The molecular weight excluding hydrogens is 719 g/mol. The van der Waals surface area contributed by atoms with Crippen molar-refractivity contribution in [3.8, 4) is 22.6 Å². The Balaban J connectivity index is 1.24. The molecule has 5 aromatic rings. The Morgan fingerprint density at radius 3 is 2.43 bits per heavy atom. The second kappa shape index (κ2) is 16.8. The number of nitro benzene ring substituents is 1. The van der Waals surface area contributed by atoms with E-state index in [0.29, 0.717) is 50.8 Å². The van der Waals surface area contributed by atoms with E-state index in [2.05, 4.69) is 20.4 Å². The topological polar surface area (TPSA) is 180 Å². The number of carbonyl (C=O) groups is 1. The summed E-state index contributed by atoms with van der Waals surface area (Å²) in [6.07, 6.45) is 1.35. The van der Waals surface area contributed by atoms with Gasteiger partial charge in [0.1, 0.15) is 22.1 Å². The van der Waals surface area contributed by atoms with Crippen molar-refractivity contribution in [3.05, 3.63) is 125 Å². The number of piperazine rings is 1. The van der Waals surface area contributed by atoms with Crippen molar-refractivity contribution in [3.63, 3.8) is 0 Å². The summed E-state index contributed by atoms with van der Waals surface area (Å²) in [6, 6.07) is 27.8. The SMILES string of the molecule is COc1cc(-c2cccc(O)c2)ccc1CN1CCN(c2cc(NCCSc3ccccc3)c([N+](=O)[O-])cc2S(=O)(=O)NC(=O)c2cccnn2)CC1. The smallest absolute Gasteiger partial charge is 0.293 e. The van der Waals surface area contributed by atoms with Crippen LogP contribution in [0.25, 0.3) is 11.1 Å². The molecule has 4 aromatic carbocycles.